The quantitative estimate of drug-likeness (QED) is 0.333. The number of amides is 1. The first kappa shape index (κ1) is 25.7. The molecule has 2 N–H and O–H groups in total. The highest BCUT2D eigenvalue weighted by Gasteiger charge is 2.27. The van der Waals surface area contributed by atoms with Crippen LogP contribution in [0, 0.1) is 10.1 Å². The molecule has 1 amide bonds. The van der Waals surface area contributed by atoms with E-state index in [9.17, 15) is 28.1 Å². The third-order valence-corrected chi connectivity index (χ3v) is 5.73. The molecule has 0 saturated carbocycles. The standard InChI is InChI=1S/C21H25N3O8S/c1-21(2,3)32-20(26)23-16(14-9-11-15(12-10-14)19(25)31-4)13-22-33(29,30)18-8-6-5-7-17(18)24(27)28/h5-12,16,22H,13H2,1-4H3,(H,23,26). The molecule has 2 aromatic rings. The summed E-state index contributed by atoms with van der Waals surface area (Å²) >= 11 is 0. The Morgan fingerprint density at radius 1 is 1.09 bits per heavy atom. The number of para-hydroxylation sites is 1. The van der Waals surface area contributed by atoms with Gasteiger partial charge in [0.15, 0.2) is 4.90 Å². The number of ether oxygens (including phenoxy) is 2. The Morgan fingerprint density at radius 2 is 1.70 bits per heavy atom. The molecule has 0 fully saturated rings. The number of benzene rings is 2. The van der Waals surface area contributed by atoms with Crippen LogP contribution < -0.4 is 10.0 Å². The van der Waals surface area contributed by atoms with Gasteiger partial charge in [-0.25, -0.2) is 22.7 Å². The molecule has 0 radical (unpaired) electrons. The van der Waals surface area contributed by atoms with Crippen LogP contribution in [0.1, 0.15) is 42.7 Å². The molecule has 0 spiro atoms. The fourth-order valence-corrected chi connectivity index (χ4v) is 3.99. The van der Waals surface area contributed by atoms with Gasteiger partial charge in [0.05, 0.1) is 23.6 Å². The number of nitrogens with one attached hydrogen (secondary N) is 2. The minimum Gasteiger partial charge on any atom is -0.465 e. The molecule has 0 aliphatic rings. The molecule has 0 heterocycles. The van der Waals surface area contributed by atoms with E-state index in [1.54, 1.807) is 20.8 Å². The van der Waals surface area contributed by atoms with Gasteiger partial charge in [-0.2, -0.15) is 0 Å². The molecular weight excluding hydrogens is 454 g/mol. The zero-order valence-electron chi connectivity index (χ0n) is 18.5. The number of nitrogens with zero attached hydrogens (tertiary/aromatic N) is 1. The van der Waals surface area contributed by atoms with Crippen LogP contribution in [0.25, 0.3) is 0 Å². The fourth-order valence-electron chi connectivity index (χ4n) is 2.78. The maximum absolute atomic E-state index is 12.8. The lowest BCUT2D eigenvalue weighted by atomic mass is 10.0. The third kappa shape index (κ3) is 7.26. The number of carbonyl (C=O) groups excluding carboxylic acids is 2. The predicted octanol–water partition coefficient (Wildman–Crippen LogP) is 2.93. The van der Waals surface area contributed by atoms with E-state index in [1.165, 1.54) is 43.5 Å². The number of carbonyl (C=O) groups is 2. The minimum atomic E-state index is -4.29. The molecule has 1 unspecified atom stereocenters. The van der Waals surface area contributed by atoms with Gasteiger partial charge in [-0.1, -0.05) is 24.3 Å². The van der Waals surface area contributed by atoms with Crippen LogP contribution in [-0.4, -0.2) is 44.7 Å². The van der Waals surface area contributed by atoms with E-state index in [2.05, 4.69) is 14.8 Å². The molecule has 1 atom stereocenters. The summed E-state index contributed by atoms with van der Waals surface area (Å²) in [4.78, 5) is 33.9. The van der Waals surface area contributed by atoms with E-state index in [-0.39, 0.29) is 12.1 Å². The van der Waals surface area contributed by atoms with Crippen molar-refractivity contribution >= 4 is 27.8 Å². The Hall–Kier alpha value is -3.51. The number of hydrogen-bond donors (Lipinski definition) is 2. The lowest BCUT2D eigenvalue weighted by Crippen LogP contribution is -2.40. The molecule has 0 aromatic heterocycles. The van der Waals surface area contributed by atoms with Crippen LogP contribution in [0.3, 0.4) is 0 Å². The number of nitro benzene ring substituents is 1. The molecule has 0 aliphatic heterocycles. The molecule has 0 saturated heterocycles. The van der Waals surface area contributed by atoms with E-state index >= 15 is 0 Å². The first-order valence-corrected chi connectivity index (χ1v) is 11.2. The monoisotopic (exact) mass is 479 g/mol. The number of hydrogen-bond acceptors (Lipinski definition) is 8. The van der Waals surface area contributed by atoms with E-state index < -0.39 is 49.2 Å². The molecule has 33 heavy (non-hydrogen) atoms. The summed E-state index contributed by atoms with van der Waals surface area (Å²) in [5.74, 6) is -0.560. The highest BCUT2D eigenvalue weighted by Crippen LogP contribution is 2.23. The summed E-state index contributed by atoms with van der Waals surface area (Å²) < 4.78 is 37.7. The number of alkyl carbamates (subject to hydrolysis) is 1. The average Bonchev–Trinajstić information content (AvgIpc) is 2.75. The van der Waals surface area contributed by atoms with Gasteiger partial charge >= 0.3 is 12.1 Å². The van der Waals surface area contributed by atoms with Crippen LogP contribution in [0.15, 0.2) is 53.4 Å². The van der Waals surface area contributed by atoms with Crippen molar-refractivity contribution in [1.82, 2.24) is 10.0 Å². The van der Waals surface area contributed by atoms with Crippen molar-refractivity contribution < 1.29 is 32.4 Å². The van der Waals surface area contributed by atoms with Gasteiger partial charge in [0, 0.05) is 12.6 Å². The van der Waals surface area contributed by atoms with Crippen LogP contribution in [-0.2, 0) is 19.5 Å². The van der Waals surface area contributed by atoms with Crippen molar-refractivity contribution in [3.63, 3.8) is 0 Å². The summed E-state index contributed by atoms with van der Waals surface area (Å²) in [6.45, 7) is 4.67. The van der Waals surface area contributed by atoms with Gasteiger partial charge in [-0.05, 0) is 44.5 Å². The second kappa shape index (κ2) is 10.4. The average molecular weight is 480 g/mol. The van der Waals surface area contributed by atoms with E-state index in [1.807, 2.05) is 0 Å². The Morgan fingerprint density at radius 3 is 2.24 bits per heavy atom. The van der Waals surface area contributed by atoms with Crippen molar-refractivity contribution in [2.24, 2.45) is 0 Å². The van der Waals surface area contributed by atoms with Crippen LogP contribution in [0.4, 0.5) is 10.5 Å². The summed E-state index contributed by atoms with van der Waals surface area (Å²) in [5, 5.41) is 13.8. The highest BCUT2D eigenvalue weighted by molar-refractivity contribution is 7.89. The zero-order chi connectivity index (χ0) is 24.8. The molecule has 0 bridgehead atoms. The SMILES string of the molecule is COC(=O)c1ccc(C(CNS(=O)(=O)c2ccccc2[N+](=O)[O-])NC(=O)OC(C)(C)C)cc1. The van der Waals surface area contributed by atoms with Crippen molar-refractivity contribution in [3.05, 3.63) is 69.8 Å². The maximum atomic E-state index is 12.8. The molecule has 11 nitrogen and oxygen atoms in total. The molecule has 178 valence electrons. The number of sulfonamides is 1. The molecular formula is C21H25N3O8S. The summed E-state index contributed by atoms with van der Waals surface area (Å²) in [5.41, 5.74) is -0.659. The Bertz CT molecular complexity index is 1120. The second-order valence-electron chi connectivity index (χ2n) is 7.89. The van der Waals surface area contributed by atoms with Crippen LogP contribution >= 0.6 is 0 Å². The van der Waals surface area contributed by atoms with Gasteiger partial charge in [0.1, 0.15) is 5.60 Å². The normalized spacial score (nSPS) is 12.5. The lowest BCUT2D eigenvalue weighted by Gasteiger charge is -2.24. The fraction of sp³-hybridized carbons (Fsp3) is 0.333. The number of esters is 1. The van der Waals surface area contributed by atoms with Crippen LogP contribution in [0.2, 0.25) is 0 Å². The lowest BCUT2D eigenvalue weighted by molar-refractivity contribution is -0.387. The number of methoxy groups -OCH3 is 1. The van der Waals surface area contributed by atoms with Crippen molar-refractivity contribution in [3.8, 4) is 0 Å². The summed E-state index contributed by atoms with van der Waals surface area (Å²) in [6.07, 6.45) is -0.797. The van der Waals surface area contributed by atoms with Gasteiger partial charge in [-0.3, -0.25) is 10.1 Å². The van der Waals surface area contributed by atoms with Gasteiger partial charge < -0.3 is 14.8 Å². The number of nitro groups is 1. The molecule has 12 heteroatoms. The zero-order valence-corrected chi connectivity index (χ0v) is 19.3. The molecule has 2 rings (SSSR count). The van der Waals surface area contributed by atoms with E-state index in [0.29, 0.717) is 5.56 Å². The van der Waals surface area contributed by atoms with Crippen molar-refractivity contribution in [2.45, 2.75) is 37.3 Å². The first-order chi connectivity index (χ1) is 15.3. The Kier molecular flexibility index (Phi) is 8.12. The molecule has 2 aromatic carbocycles. The highest BCUT2D eigenvalue weighted by atomic mass is 32.2. The van der Waals surface area contributed by atoms with Crippen molar-refractivity contribution in [1.29, 1.82) is 0 Å². The van der Waals surface area contributed by atoms with E-state index in [0.717, 1.165) is 12.1 Å². The third-order valence-electron chi connectivity index (χ3n) is 4.25. The summed E-state index contributed by atoms with van der Waals surface area (Å²) in [6, 6.07) is 9.96. The summed E-state index contributed by atoms with van der Waals surface area (Å²) in [7, 11) is -3.06. The largest absolute Gasteiger partial charge is 0.465 e. The van der Waals surface area contributed by atoms with Crippen LogP contribution in [0.5, 0.6) is 0 Å². The van der Waals surface area contributed by atoms with Crippen molar-refractivity contribution in [2.75, 3.05) is 13.7 Å². The Balaban J connectivity index is 2.31. The van der Waals surface area contributed by atoms with Gasteiger partial charge in [-0.15, -0.1) is 0 Å². The topological polar surface area (TPSA) is 154 Å². The minimum absolute atomic E-state index is 0.262. The maximum Gasteiger partial charge on any atom is 0.408 e. The molecule has 0 aliphatic carbocycles. The predicted molar refractivity (Wildman–Crippen MR) is 118 cm³/mol. The van der Waals surface area contributed by atoms with Gasteiger partial charge in [0.2, 0.25) is 10.0 Å². The van der Waals surface area contributed by atoms with E-state index in [4.69, 9.17) is 4.74 Å². The smallest absolute Gasteiger partial charge is 0.408 e. The van der Waals surface area contributed by atoms with Gasteiger partial charge in [0.25, 0.3) is 5.69 Å². The Labute approximate surface area is 191 Å². The first-order valence-electron chi connectivity index (χ1n) is 9.75. The number of rotatable bonds is 8. The second-order valence-corrected chi connectivity index (χ2v) is 9.62.